The Kier molecular flexibility index (Phi) is 4.25. The molecule has 3 aromatic rings. The fraction of sp³-hybridized carbons (Fsp3) is 0.235. The van der Waals surface area contributed by atoms with Crippen molar-refractivity contribution in [3.63, 3.8) is 0 Å². The Morgan fingerprint density at radius 1 is 1.36 bits per heavy atom. The van der Waals surface area contributed by atoms with E-state index in [0.29, 0.717) is 28.7 Å². The van der Waals surface area contributed by atoms with Crippen LogP contribution in [0.1, 0.15) is 27.4 Å². The van der Waals surface area contributed by atoms with Crippen LogP contribution in [0.5, 0.6) is 0 Å². The van der Waals surface area contributed by atoms with Crippen LogP contribution in [-0.4, -0.2) is 27.8 Å². The molecule has 3 N–H and O–H groups in total. The third kappa shape index (κ3) is 3.16. The summed E-state index contributed by atoms with van der Waals surface area (Å²) in [4.78, 5) is 12.4. The minimum absolute atomic E-state index is 0.221. The predicted octanol–water partition coefficient (Wildman–Crippen LogP) is 2.29. The van der Waals surface area contributed by atoms with Gasteiger partial charge in [-0.3, -0.25) is 9.89 Å². The van der Waals surface area contributed by atoms with Gasteiger partial charge in [-0.1, -0.05) is 28.9 Å². The Balaban J connectivity index is 1.45. The summed E-state index contributed by atoms with van der Waals surface area (Å²) in [7, 11) is 0. The Morgan fingerprint density at radius 3 is 3.12 bits per heavy atom. The van der Waals surface area contributed by atoms with E-state index >= 15 is 0 Å². The second kappa shape index (κ2) is 6.70. The molecule has 0 saturated carbocycles. The third-order valence-electron chi connectivity index (χ3n) is 4.15. The average Bonchev–Trinajstić information content (AvgIpc) is 3.27. The number of rotatable bonds is 4. The zero-order valence-electron chi connectivity index (χ0n) is 13.3. The van der Waals surface area contributed by atoms with E-state index in [2.05, 4.69) is 26.0 Å². The highest BCUT2D eigenvalue weighted by Gasteiger charge is 2.21. The van der Waals surface area contributed by atoms with Gasteiger partial charge >= 0.3 is 0 Å². The van der Waals surface area contributed by atoms with Crippen molar-refractivity contribution in [2.75, 3.05) is 6.54 Å². The molecule has 128 valence electrons. The van der Waals surface area contributed by atoms with E-state index in [1.807, 2.05) is 18.2 Å². The van der Waals surface area contributed by atoms with Gasteiger partial charge in [0.1, 0.15) is 5.69 Å². The van der Waals surface area contributed by atoms with Crippen LogP contribution in [-0.2, 0) is 19.5 Å². The van der Waals surface area contributed by atoms with Crippen molar-refractivity contribution in [2.45, 2.75) is 19.5 Å². The van der Waals surface area contributed by atoms with Crippen LogP contribution >= 0.6 is 11.6 Å². The van der Waals surface area contributed by atoms with Crippen LogP contribution < -0.4 is 10.6 Å². The maximum absolute atomic E-state index is 12.4. The standard InChI is InChI=1S/C17H16ClN5O2/c18-13-4-2-1-3-11(13)15-7-10(23-25-15)8-20-17(24)16-12-5-6-19-9-14(12)21-22-16/h1-4,7,19H,5-6,8-9H2,(H,20,24)(H,21,22). The summed E-state index contributed by atoms with van der Waals surface area (Å²) >= 11 is 6.16. The molecular weight excluding hydrogens is 342 g/mol. The van der Waals surface area contributed by atoms with Gasteiger partial charge in [0, 0.05) is 23.7 Å². The summed E-state index contributed by atoms with van der Waals surface area (Å²) in [6, 6.07) is 9.14. The van der Waals surface area contributed by atoms with E-state index in [1.165, 1.54) is 0 Å². The van der Waals surface area contributed by atoms with Crippen molar-refractivity contribution >= 4 is 17.5 Å². The number of H-pyrrole nitrogens is 1. The van der Waals surface area contributed by atoms with Crippen molar-refractivity contribution in [2.24, 2.45) is 0 Å². The smallest absolute Gasteiger partial charge is 0.272 e. The molecule has 1 aromatic carbocycles. The highest BCUT2D eigenvalue weighted by atomic mass is 35.5. The maximum Gasteiger partial charge on any atom is 0.272 e. The van der Waals surface area contributed by atoms with Gasteiger partial charge in [-0.15, -0.1) is 0 Å². The monoisotopic (exact) mass is 357 g/mol. The lowest BCUT2D eigenvalue weighted by atomic mass is 10.1. The third-order valence-corrected chi connectivity index (χ3v) is 4.48. The molecule has 7 nitrogen and oxygen atoms in total. The SMILES string of the molecule is O=C(NCc1cc(-c2ccccc2Cl)on1)c1n[nH]c2c1CCNC2. The summed E-state index contributed by atoms with van der Waals surface area (Å²) < 4.78 is 5.33. The lowest BCUT2D eigenvalue weighted by molar-refractivity contribution is 0.0944. The summed E-state index contributed by atoms with van der Waals surface area (Å²) in [6.07, 6.45) is 0.787. The number of nitrogens with one attached hydrogen (secondary N) is 3. The molecule has 25 heavy (non-hydrogen) atoms. The van der Waals surface area contributed by atoms with E-state index in [0.717, 1.165) is 29.8 Å². The van der Waals surface area contributed by atoms with Gasteiger partial charge in [0.05, 0.1) is 17.3 Å². The first-order valence-electron chi connectivity index (χ1n) is 7.98. The Labute approximate surface area is 148 Å². The van der Waals surface area contributed by atoms with E-state index in [4.69, 9.17) is 16.1 Å². The van der Waals surface area contributed by atoms with Crippen molar-refractivity contribution in [1.29, 1.82) is 0 Å². The summed E-state index contributed by atoms with van der Waals surface area (Å²) in [5.74, 6) is 0.347. The van der Waals surface area contributed by atoms with Crippen molar-refractivity contribution in [3.8, 4) is 11.3 Å². The highest BCUT2D eigenvalue weighted by molar-refractivity contribution is 6.33. The molecule has 1 aliphatic heterocycles. The first-order valence-corrected chi connectivity index (χ1v) is 8.35. The minimum Gasteiger partial charge on any atom is -0.356 e. The van der Waals surface area contributed by atoms with Gasteiger partial charge in [0.15, 0.2) is 11.5 Å². The number of amides is 1. The Hall–Kier alpha value is -2.64. The molecule has 0 bridgehead atoms. The second-order valence-electron chi connectivity index (χ2n) is 5.80. The maximum atomic E-state index is 12.4. The second-order valence-corrected chi connectivity index (χ2v) is 6.21. The average molecular weight is 358 g/mol. The van der Waals surface area contributed by atoms with E-state index in [9.17, 15) is 4.79 Å². The molecule has 2 aromatic heterocycles. The lowest BCUT2D eigenvalue weighted by Gasteiger charge is -2.12. The molecule has 8 heteroatoms. The molecule has 0 radical (unpaired) electrons. The van der Waals surface area contributed by atoms with Gasteiger partial charge in [0.2, 0.25) is 0 Å². The number of aromatic nitrogens is 3. The van der Waals surface area contributed by atoms with E-state index < -0.39 is 0 Å². The van der Waals surface area contributed by atoms with Crippen LogP contribution in [0.2, 0.25) is 5.02 Å². The van der Waals surface area contributed by atoms with Gasteiger partial charge in [0.25, 0.3) is 5.91 Å². The highest BCUT2D eigenvalue weighted by Crippen LogP contribution is 2.27. The summed E-state index contributed by atoms with van der Waals surface area (Å²) in [5, 5.41) is 17.7. The number of aromatic amines is 1. The Morgan fingerprint density at radius 2 is 2.24 bits per heavy atom. The number of carbonyl (C=O) groups excluding carboxylic acids is 1. The normalized spacial score (nSPS) is 13.5. The summed E-state index contributed by atoms with van der Waals surface area (Å²) in [5.41, 5.74) is 3.79. The Bertz CT molecular complexity index is 917. The fourth-order valence-corrected chi connectivity index (χ4v) is 3.10. The number of carbonyl (C=O) groups is 1. The molecule has 0 fully saturated rings. The van der Waals surface area contributed by atoms with Crippen molar-refractivity contribution in [1.82, 2.24) is 26.0 Å². The molecule has 0 unspecified atom stereocenters. The zero-order chi connectivity index (χ0) is 17.2. The molecule has 0 saturated heterocycles. The number of hydrogen-bond donors (Lipinski definition) is 3. The van der Waals surface area contributed by atoms with Crippen molar-refractivity contribution < 1.29 is 9.32 Å². The lowest BCUT2D eigenvalue weighted by Crippen LogP contribution is -2.27. The molecule has 4 rings (SSSR count). The van der Waals surface area contributed by atoms with Gasteiger partial charge in [-0.2, -0.15) is 5.10 Å². The first kappa shape index (κ1) is 15.9. The number of nitrogens with zero attached hydrogens (tertiary/aromatic N) is 2. The largest absolute Gasteiger partial charge is 0.356 e. The topological polar surface area (TPSA) is 95.8 Å². The molecule has 0 aliphatic carbocycles. The van der Waals surface area contributed by atoms with Gasteiger partial charge < -0.3 is 15.2 Å². The predicted molar refractivity (Wildman–Crippen MR) is 92.1 cm³/mol. The van der Waals surface area contributed by atoms with Crippen molar-refractivity contribution in [3.05, 3.63) is 58.0 Å². The summed E-state index contributed by atoms with van der Waals surface area (Å²) in [6.45, 7) is 1.81. The van der Waals surface area contributed by atoms with Crippen LogP contribution in [0.3, 0.4) is 0 Å². The first-order chi connectivity index (χ1) is 12.2. The minimum atomic E-state index is -0.221. The molecule has 1 aliphatic rings. The van der Waals surface area contributed by atoms with Crippen LogP contribution in [0.25, 0.3) is 11.3 Å². The van der Waals surface area contributed by atoms with E-state index in [-0.39, 0.29) is 12.5 Å². The fourth-order valence-electron chi connectivity index (χ4n) is 2.87. The van der Waals surface area contributed by atoms with Gasteiger partial charge in [-0.25, -0.2) is 0 Å². The quantitative estimate of drug-likeness (QED) is 0.665. The van der Waals surface area contributed by atoms with E-state index in [1.54, 1.807) is 12.1 Å². The molecule has 0 spiro atoms. The number of fused-ring (bicyclic) bond motifs is 1. The number of hydrogen-bond acceptors (Lipinski definition) is 5. The zero-order valence-corrected chi connectivity index (χ0v) is 14.1. The molecular formula is C17H16ClN5O2. The van der Waals surface area contributed by atoms with Crippen LogP contribution in [0.15, 0.2) is 34.9 Å². The molecule has 0 atom stereocenters. The van der Waals surface area contributed by atoms with Crippen LogP contribution in [0, 0.1) is 0 Å². The molecule has 3 heterocycles. The number of benzene rings is 1. The van der Waals surface area contributed by atoms with Crippen LogP contribution in [0.4, 0.5) is 0 Å². The number of halogens is 1. The van der Waals surface area contributed by atoms with Gasteiger partial charge in [-0.05, 0) is 25.1 Å². The molecule has 1 amide bonds.